The number of aromatic nitrogens is 3. The third-order valence-electron chi connectivity index (χ3n) is 2.65. The third kappa shape index (κ3) is 3.27. The summed E-state index contributed by atoms with van der Waals surface area (Å²) in [5.74, 6) is 0. The van der Waals surface area contributed by atoms with Gasteiger partial charge >= 0.3 is 0 Å². The molecule has 94 valence electrons. The number of pyridine rings is 1. The van der Waals surface area contributed by atoms with Gasteiger partial charge in [-0.1, -0.05) is 24.8 Å². The summed E-state index contributed by atoms with van der Waals surface area (Å²) in [5, 5.41) is 0.876. The van der Waals surface area contributed by atoms with Crippen LogP contribution in [-0.4, -0.2) is 21.0 Å². The number of hydrogen-bond acceptors (Lipinski definition) is 5. The van der Waals surface area contributed by atoms with Crippen molar-refractivity contribution in [1.82, 2.24) is 15.0 Å². The van der Waals surface area contributed by atoms with Crippen molar-refractivity contribution in [3.8, 4) is 0 Å². The first kappa shape index (κ1) is 13.0. The molecule has 0 radical (unpaired) electrons. The second-order valence-electron chi connectivity index (χ2n) is 3.93. The molecule has 2 rings (SSSR count). The summed E-state index contributed by atoms with van der Waals surface area (Å²) in [6, 6.07) is 5.84. The van der Waals surface area contributed by atoms with Crippen molar-refractivity contribution in [3.63, 3.8) is 0 Å². The summed E-state index contributed by atoms with van der Waals surface area (Å²) >= 11 is 1.59. The van der Waals surface area contributed by atoms with Crippen LogP contribution in [0.5, 0.6) is 0 Å². The molecule has 2 unspecified atom stereocenters. The van der Waals surface area contributed by atoms with Gasteiger partial charge in [0.2, 0.25) is 0 Å². The van der Waals surface area contributed by atoms with Gasteiger partial charge in [0.1, 0.15) is 0 Å². The zero-order chi connectivity index (χ0) is 12.8. The van der Waals surface area contributed by atoms with Gasteiger partial charge in [-0.2, -0.15) is 0 Å². The summed E-state index contributed by atoms with van der Waals surface area (Å²) in [5.41, 5.74) is 7.31. The van der Waals surface area contributed by atoms with Crippen molar-refractivity contribution >= 4 is 11.8 Å². The number of rotatable bonds is 5. The third-order valence-corrected chi connectivity index (χ3v) is 3.95. The Kier molecular flexibility index (Phi) is 4.66. The normalized spacial score (nSPS) is 14.1. The highest BCUT2D eigenvalue weighted by atomic mass is 32.2. The topological polar surface area (TPSA) is 64.7 Å². The second kappa shape index (κ2) is 6.47. The predicted molar refractivity (Wildman–Crippen MR) is 73.1 cm³/mol. The van der Waals surface area contributed by atoms with Crippen LogP contribution >= 0.6 is 11.8 Å². The van der Waals surface area contributed by atoms with E-state index in [4.69, 9.17) is 5.73 Å². The maximum atomic E-state index is 6.19. The molecule has 0 spiro atoms. The predicted octanol–water partition coefficient (Wildman–Crippen LogP) is 2.44. The molecule has 0 saturated carbocycles. The Labute approximate surface area is 111 Å². The highest BCUT2D eigenvalue weighted by Gasteiger charge is 2.21. The lowest BCUT2D eigenvalue weighted by molar-refractivity contribution is 0.631. The quantitative estimate of drug-likeness (QED) is 0.660. The Hall–Kier alpha value is -1.46. The minimum absolute atomic E-state index is 0.0583. The van der Waals surface area contributed by atoms with E-state index in [1.165, 1.54) is 0 Å². The van der Waals surface area contributed by atoms with Crippen LogP contribution < -0.4 is 5.73 Å². The monoisotopic (exact) mass is 260 g/mol. The molecule has 0 aromatic carbocycles. The smallest absolute Gasteiger partial charge is 0.188 e. The van der Waals surface area contributed by atoms with Gasteiger partial charge in [-0.3, -0.25) is 4.98 Å². The Balaban J connectivity index is 2.21. The zero-order valence-electron chi connectivity index (χ0n) is 10.2. The van der Waals surface area contributed by atoms with E-state index in [1.807, 2.05) is 24.4 Å². The molecule has 2 heterocycles. The maximum absolute atomic E-state index is 6.19. The van der Waals surface area contributed by atoms with Gasteiger partial charge in [0.15, 0.2) is 5.16 Å². The summed E-state index contributed by atoms with van der Waals surface area (Å²) in [4.78, 5) is 12.6. The average molecular weight is 260 g/mol. The molecule has 0 saturated heterocycles. The van der Waals surface area contributed by atoms with Crippen LogP contribution in [0.3, 0.4) is 0 Å². The highest BCUT2D eigenvalue weighted by Crippen LogP contribution is 2.35. The largest absolute Gasteiger partial charge is 0.326 e. The Morgan fingerprint density at radius 3 is 2.61 bits per heavy atom. The van der Waals surface area contributed by atoms with E-state index >= 15 is 0 Å². The van der Waals surface area contributed by atoms with Gasteiger partial charge in [-0.05, 0) is 24.1 Å². The summed E-state index contributed by atoms with van der Waals surface area (Å²) < 4.78 is 0. The van der Waals surface area contributed by atoms with Crippen LogP contribution in [0.2, 0.25) is 0 Å². The molecule has 2 atom stereocenters. The minimum atomic E-state index is 0.0583. The summed E-state index contributed by atoms with van der Waals surface area (Å²) in [6.45, 7) is 2.08. The molecule has 2 aromatic rings. The number of nitrogens with two attached hydrogens (primary N) is 1. The van der Waals surface area contributed by atoms with Crippen molar-refractivity contribution < 1.29 is 0 Å². The molecule has 18 heavy (non-hydrogen) atoms. The van der Waals surface area contributed by atoms with Crippen LogP contribution in [0, 0.1) is 0 Å². The molecule has 2 aromatic heterocycles. The van der Waals surface area contributed by atoms with Crippen molar-refractivity contribution in [2.75, 3.05) is 0 Å². The lowest BCUT2D eigenvalue weighted by Crippen LogP contribution is -2.25. The minimum Gasteiger partial charge on any atom is -0.326 e. The van der Waals surface area contributed by atoms with Crippen LogP contribution in [-0.2, 0) is 0 Å². The SMILES string of the molecule is CCC(N)C(Sc1ncccn1)c1cccnc1. The van der Waals surface area contributed by atoms with Crippen molar-refractivity contribution in [3.05, 3.63) is 48.5 Å². The van der Waals surface area contributed by atoms with E-state index in [1.54, 1.807) is 30.4 Å². The van der Waals surface area contributed by atoms with E-state index in [0.717, 1.165) is 17.1 Å². The number of thioether (sulfide) groups is 1. The van der Waals surface area contributed by atoms with Gasteiger partial charge < -0.3 is 5.73 Å². The molecule has 0 aliphatic heterocycles. The molecule has 0 fully saturated rings. The van der Waals surface area contributed by atoms with E-state index in [0.29, 0.717) is 0 Å². The maximum Gasteiger partial charge on any atom is 0.188 e. The first-order valence-electron chi connectivity index (χ1n) is 5.90. The molecule has 2 N–H and O–H groups in total. The molecule has 0 bridgehead atoms. The number of hydrogen-bond donors (Lipinski definition) is 1. The highest BCUT2D eigenvalue weighted by molar-refractivity contribution is 7.99. The molecule has 0 aliphatic carbocycles. The van der Waals surface area contributed by atoms with Gasteiger partial charge in [0, 0.05) is 30.8 Å². The van der Waals surface area contributed by atoms with Gasteiger partial charge in [0.25, 0.3) is 0 Å². The van der Waals surface area contributed by atoms with Gasteiger partial charge in [0.05, 0.1) is 5.25 Å². The molecule has 5 heteroatoms. The molecule has 4 nitrogen and oxygen atoms in total. The number of nitrogens with zero attached hydrogens (tertiary/aromatic N) is 3. The Morgan fingerprint density at radius 1 is 1.22 bits per heavy atom. The van der Waals surface area contributed by atoms with E-state index < -0.39 is 0 Å². The zero-order valence-corrected chi connectivity index (χ0v) is 11.0. The van der Waals surface area contributed by atoms with Crippen molar-refractivity contribution in [2.45, 2.75) is 29.8 Å². The molecular weight excluding hydrogens is 244 g/mol. The van der Waals surface area contributed by atoms with Crippen LogP contribution in [0.4, 0.5) is 0 Å². The van der Waals surface area contributed by atoms with Gasteiger partial charge in [-0.25, -0.2) is 9.97 Å². The second-order valence-corrected chi connectivity index (χ2v) is 5.04. The Bertz CT molecular complexity index is 463. The average Bonchev–Trinajstić information content (AvgIpc) is 2.46. The lowest BCUT2D eigenvalue weighted by Gasteiger charge is -2.21. The molecular formula is C13H16N4S. The molecule has 0 aliphatic rings. The van der Waals surface area contributed by atoms with Crippen molar-refractivity contribution in [2.24, 2.45) is 5.73 Å². The fourth-order valence-electron chi connectivity index (χ4n) is 1.62. The Morgan fingerprint density at radius 2 is 2.00 bits per heavy atom. The standard InChI is InChI=1S/C13H16N4S/c1-2-11(14)12(10-5-3-6-15-9-10)18-13-16-7-4-8-17-13/h3-9,11-12H,2,14H2,1H3. The summed E-state index contributed by atoms with van der Waals surface area (Å²) in [7, 11) is 0. The fraction of sp³-hybridized carbons (Fsp3) is 0.308. The van der Waals surface area contributed by atoms with Crippen LogP contribution in [0.25, 0.3) is 0 Å². The van der Waals surface area contributed by atoms with E-state index in [9.17, 15) is 0 Å². The van der Waals surface area contributed by atoms with Crippen LogP contribution in [0.1, 0.15) is 24.2 Å². The van der Waals surface area contributed by atoms with E-state index in [-0.39, 0.29) is 11.3 Å². The first-order valence-corrected chi connectivity index (χ1v) is 6.78. The lowest BCUT2D eigenvalue weighted by atomic mass is 10.1. The molecule has 0 amide bonds. The van der Waals surface area contributed by atoms with E-state index in [2.05, 4.69) is 21.9 Å². The van der Waals surface area contributed by atoms with Crippen molar-refractivity contribution in [1.29, 1.82) is 0 Å². The fourth-order valence-corrected chi connectivity index (χ4v) is 2.73. The van der Waals surface area contributed by atoms with Gasteiger partial charge in [-0.15, -0.1) is 0 Å². The van der Waals surface area contributed by atoms with Crippen LogP contribution in [0.15, 0.2) is 48.1 Å². The summed E-state index contributed by atoms with van der Waals surface area (Å²) in [6.07, 6.45) is 8.01. The first-order chi connectivity index (χ1) is 8.81.